The third-order valence-electron chi connectivity index (χ3n) is 4.32. The van der Waals surface area contributed by atoms with Crippen molar-refractivity contribution in [2.75, 3.05) is 33.2 Å². The van der Waals surface area contributed by atoms with Crippen LogP contribution in [0.25, 0.3) is 0 Å². The van der Waals surface area contributed by atoms with Crippen molar-refractivity contribution < 1.29 is 4.42 Å². The molecule has 2 rings (SSSR count). The van der Waals surface area contributed by atoms with Crippen LogP contribution in [0, 0.1) is 0 Å². The Kier molecular flexibility index (Phi) is 7.30. The second-order valence-electron chi connectivity index (χ2n) is 5.99. The summed E-state index contributed by atoms with van der Waals surface area (Å²) in [5.41, 5.74) is 0. The minimum absolute atomic E-state index is 0.750. The van der Waals surface area contributed by atoms with E-state index in [2.05, 4.69) is 27.4 Å². The van der Waals surface area contributed by atoms with Crippen molar-refractivity contribution in [1.82, 2.24) is 15.5 Å². The molecule has 1 aromatic rings. The number of hydrogen-bond acceptors (Lipinski definition) is 3. The lowest BCUT2D eigenvalue weighted by molar-refractivity contribution is 0.159. The summed E-state index contributed by atoms with van der Waals surface area (Å²) >= 11 is 0. The molecule has 1 aliphatic rings. The maximum absolute atomic E-state index is 5.32. The summed E-state index contributed by atoms with van der Waals surface area (Å²) in [6.07, 6.45) is 7.84. The average molecular weight is 306 g/mol. The molecule has 1 fully saturated rings. The lowest BCUT2D eigenvalue weighted by Gasteiger charge is -2.33. The summed E-state index contributed by atoms with van der Waals surface area (Å²) in [6, 6.07) is 4.67. The number of nitrogens with one attached hydrogen (secondary N) is 2. The van der Waals surface area contributed by atoms with Gasteiger partial charge in [-0.2, -0.15) is 0 Å². The molecule has 1 saturated heterocycles. The zero-order valence-electron chi connectivity index (χ0n) is 14.0. The molecule has 0 aliphatic carbocycles. The van der Waals surface area contributed by atoms with Crippen molar-refractivity contribution in [3.8, 4) is 0 Å². The van der Waals surface area contributed by atoms with Gasteiger partial charge in [0.2, 0.25) is 0 Å². The Balaban J connectivity index is 1.56. The highest BCUT2D eigenvalue weighted by molar-refractivity contribution is 5.79. The van der Waals surface area contributed by atoms with Crippen molar-refractivity contribution in [3.63, 3.8) is 0 Å². The predicted octanol–water partition coefficient (Wildman–Crippen LogP) is 2.25. The Hall–Kier alpha value is -1.49. The Labute approximate surface area is 134 Å². The van der Waals surface area contributed by atoms with Crippen molar-refractivity contribution in [1.29, 1.82) is 0 Å². The molecule has 124 valence electrons. The largest absolute Gasteiger partial charge is 0.469 e. The van der Waals surface area contributed by atoms with Gasteiger partial charge < -0.3 is 20.0 Å². The Bertz CT molecular complexity index is 430. The van der Waals surface area contributed by atoms with E-state index in [1.54, 1.807) is 6.26 Å². The van der Waals surface area contributed by atoms with Gasteiger partial charge >= 0.3 is 0 Å². The summed E-state index contributed by atoms with van der Waals surface area (Å²) < 4.78 is 5.32. The van der Waals surface area contributed by atoms with Crippen LogP contribution in [0.2, 0.25) is 0 Å². The third kappa shape index (κ3) is 5.72. The second kappa shape index (κ2) is 9.51. The molecule has 1 unspecified atom stereocenters. The van der Waals surface area contributed by atoms with Crippen LogP contribution >= 0.6 is 0 Å². The highest BCUT2D eigenvalue weighted by Crippen LogP contribution is 2.15. The van der Waals surface area contributed by atoms with Crippen LogP contribution in [0.5, 0.6) is 0 Å². The van der Waals surface area contributed by atoms with E-state index in [9.17, 15) is 0 Å². The van der Waals surface area contributed by atoms with Gasteiger partial charge in [0.05, 0.1) is 6.26 Å². The maximum atomic E-state index is 5.32. The van der Waals surface area contributed by atoms with Crippen molar-refractivity contribution in [2.45, 2.75) is 45.1 Å². The van der Waals surface area contributed by atoms with Crippen LogP contribution < -0.4 is 10.6 Å². The third-order valence-corrected chi connectivity index (χ3v) is 4.32. The molecule has 22 heavy (non-hydrogen) atoms. The zero-order chi connectivity index (χ0) is 15.6. The second-order valence-corrected chi connectivity index (χ2v) is 5.99. The van der Waals surface area contributed by atoms with E-state index in [1.165, 1.54) is 32.4 Å². The molecular weight excluding hydrogens is 276 g/mol. The minimum Gasteiger partial charge on any atom is -0.469 e. The summed E-state index contributed by atoms with van der Waals surface area (Å²) in [5, 5.41) is 6.71. The molecule has 0 aromatic carbocycles. The first-order valence-corrected chi connectivity index (χ1v) is 8.50. The predicted molar refractivity (Wildman–Crippen MR) is 91.3 cm³/mol. The van der Waals surface area contributed by atoms with Gasteiger partial charge in [-0.05, 0) is 44.9 Å². The number of likely N-dealkylation sites (tertiary alicyclic amines) is 1. The Morgan fingerprint density at radius 2 is 2.23 bits per heavy atom. The molecule has 1 atom stereocenters. The quantitative estimate of drug-likeness (QED) is 0.461. The number of rotatable bonds is 7. The van der Waals surface area contributed by atoms with Gasteiger partial charge in [0.1, 0.15) is 5.76 Å². The standard InChI is InChI=1S/C17H30N4O/c1-15-7-3-4-12-21(15)13-6-10-19-17(18-2)20-11-9-16-8-5-14-22-16/h5,8,14-15H,3-4,6-7,9-13H2,1-2H3,(H2,18,19,20). The van der Waals surface area contributed by atoms with E-state index in [-0.39, 0.29) is 0 Å². The molecule has 2 N–H and O–H groups in total. The molecule has 2 heterocycles. The Morgan fingerprint density at radius 3 is 2.95 bits per heavy atom. The number of guanidine groups is 1. The highest BCUT2D eigenvalue weighted by atomic mass is 16.3. The summed E-state index contributed by atoms with van der Waals surface area (Å²) in [4.78, 5) is 6.87. The summed E-state index contributed by atoms with van der Waals surface area (Å²) in [5.74, 6) is 1.88. The van der Waals surface area contributed by atoms with Crippen molar-refractivity contribution in [2.24, 2.45) is 4.99 Å². The molecule has 1 aliphatic heterocycles. The fourth-order valence-corrected chi connectivity index (χ4v) is 2.96. The Morgan fingerprint density at radius 1 is 1.36 bits per heavy atom. The van der Waals surface area contributed by atoms with Crippen molar-refractivity contribution in [3.05, 3.63) is 24.2 Å². The molecule has 5 nitrogen and oxygen atoms in total. The van der Waals surface area contributed by atoms with Crippen LogP contribution in [-0.4, -0.2) is 50.1 Å². The molecule has 0 radical (unpaired) electrons. The van der Waals surface area contributed by atoms with Crippen LogP contribution in [0.4, 0.5) is 0 Å². The average Bonchev–Trinajstić information content (AvgIpc) is 3.04. The van der Waals surface area contributed by atoms with E-state index >= 15 is 0 Å². The lowest BCUT2D eigenvalue weighted by Crippen LogP contribution is -2.41. The van der Waals surface area contributed by atoms with Gasteiger partial charge in [-0.3, -0.25) is 4.99 Å². The highest BCUT2D eigenvalue weighted by Gasteiger charge is 2.16. The first kappa shape index (κ1) is 16.9. The molecular formula is C17H30N4O. The van der Waals surface area contributed by atoms with E-state index in [0.29, 0.717) is 0 Å². The van der Waals surface area contributed by atoms with E-state index in [1.807, 2.05) is 19.2 Å². The van der Waals surface area contributed by atoms with E-state index in [0.717, 1.165) is 43.7 Å². The topological polar surface area (TPSA) is 52.8 Å². The molecule has 0 amide bonds. The van der Waals surface area contributed by atoms with Gasteiger partial charge in [-0.1, -0.05) is 6.42 Å². The number of aliphatic imine (C=N–C) groups is 1. The molecule has 1 aromatic heterocycles. The van der Waals surface area contributed by atoms with Crippen LogP contribution in [-0.2, 0) is 6.42 Å². The monoisotopic (exact) mass is 306 g/mol. The molecule has 5 heteroatoms. The first-order valence-electron chi connectivity index (χ1n) is 8.50. The normalized spacial score (nSPS) is 20.1. The minimum atomic E-state index is 0.750. The smallest absolute Gasteiger partial charge is 0.190 e. The van der Waals surface area contributed by atoms with Crippen LogP contribution in [0.3, 0.4) is 0 Å². The molecule has 0 saturated carbocycles. The maximum Gasteiger partial charge on any atom is 0.190 e. The fourth-order valence-electron chi connectivity index (χ4n) is 2.96. The number of nitrogens with zero attached hydrogens (tertiary/aromatic N) is 2. The van der Waals surface area contributed by atoms with Crippen molar-refractivity contribution >= 4 is 5.96 Å². The fraction of sp³-hybridized carbons (Fsp3) is 0.706. The van der Waals surface area contributed by atoms with Gasteiger partial charge in [-0.15, -0.1) is 0 Å². The number of furan rings is 1. The van der Waals surface area contributed by atoms with Gasteiger partial charge in [-0.25, -0.2) is 0 Å². The first-order chi connectivity index (χ1) is 10.8. The summed E-state index contributed by atoms with van der Waals surface area (Å²) in [7, 11) is 1.81. The number of hydrogen-bond donors (Lipinski definition) is 2. The lowest BCUT2D eigenvalue weighted by atomic mass is 10.0. The van der Waals surface area contributed by atoms with Gasteiger partial charge in [0.25, 0.3) is 0 Å². The van der Waals surface area contributed by atoms with Crippen LogP contribution in [0.1, 0.15) is 38.4 Å². The zero-order valence-corrected chi connectivity index (χ0v) is 14.0. The van der Waals surface area contributed by atoms with E-state index in [4.69, 9.17) is 4.42 Å². The van der Waals surface area contributed by atoms with Gasteiger partial charge in [0, 0.05) is 39.1 Å². The summed E-state index contributed by atoms with van der Waals surface area (Å²) in [6.45, 7) is 6.58. The van der Waals surface area contributed by atoms with E-state index < -0.39 is 0 Å². The molecule has 0 bridgehead atoms. The SMILES string of the molecule is CN=C(NCCCN1CCCCC1C)NCCc1ccco1. The van der Waals surface area contributed by atoms with Gasteiger partial charge in [0.15, 0.2) is 5.96 Å². The van der Waals surface area contributed by atoms with Crippen LogP contribution in [0.15, 0.2) is 27.8 Å². The molecule has 0 spiro atoms. The number of piperidine rings is 1.